The molecule has 6 heteroatoms. The van der Waals surface area contributed by atoms with Crippen LogP contribution in [-0.4, -0.2) is 24.6 Å². The Morgan fingerprint density at radius 2 is 1.73 bits per heavy atom. The van der Waals surface area contributed by atoms with Gasteiger partial charge in [0.1, 0.15) is 0 Å². The number of benzene rings is 2. The Labute approximate surface area is 199 Å². The predicted molar refractivity (Wildman–Crippen MR) is 136 cm³/mol. The molecule has 2 atom stereocenters. The Balaban J connectivity index is 1.95. The van der Waals surface area contributed by atoms with Crippen molar-refractivity contribution in [2.24, 2.45) is 0 Å². The van der Waals surface area contributed by atoms with Gasteiger partial charge in [-0.05, 0) is 68.6 Å². The normalized spacial score (nSPS) is 14.0. The molecule has 0 saturated heterocycles. The smallest absolute Gasteiger partial charge is 0.247 e. The van der Waals surface area contributed by atoms with Gasteiger partial charge in [-0.3, -0.25) is 0 Å². The van der Waals surface area contributed by atoms with Crippen LogP contribution in [0.15, 0.2) is 46.9 Å². The minimum atomic E-state index is -2.00. The summed E-state index contributed by atoms with van der Waals surface area (Å²) in [6.07, 6.45) is 0.600. The van der Waals surface area contributed by atoms with Gasteiger partial charge in [0.05, 0.1) is 18.6 Å². The lowest BCUT2D eigenvalue weighted by Crippen LogP contribution is -2.44. The van der Waals surface area contributed by atoms with E-state index in [9.17, 15) is 0 Å². The molecule has 174 valence electrons. The third-order valence-corrected chi connectivity index (χ3v) is 11.3. The van der Waals surface area contributed by atoms with E-state index >= 15 is 0 Å². The molecule has 0 saturated carbocycles. The van der Waals surface area contributed by atoms with Gasteiger partial charge in [-0.1, -0.05) is 56.7 Å². The summed E-state index contributed by atoms with van der Waals surface area (Å²) in [5, 5.41) is 8.90. The molecular formula is C27H35N3O2Si. The molecule has 2 aromatic carbocycles. The summed E-state index contributed by atoms with van der Waals surface area (Å²) < 4.78 is 13.0. The average molecular weight is 462 g/mol. The van der Waals surface area contributed by atoms with Gasteiger partial charge in [0.25, 0.3) is 0 Å². The topological polar surface area (TPSA) is 52.5 Å². The van der Waals surface area contributed by atoms with E-state index in [0.29, 0.717) is 23.9 Å². The quantitative estimate of drug-likeness (QED) is 0.268. The number of aryl methyl sites for hydroxylation is 2. The largest absolute Gasteiger partial charge is 0.420 e. The van der Waals surface area contributed by atoms with E-state index in [1.165, 1.54) is 5.56 Å². The summed E-state index contributed by atoms with van der Waals surface area (Å²) >= 11 is 0. The van der Waals surface area contributed by atoms with Crippen LogP contribution >= 0.6 is 0 Å². The standard InChI is InChI=1S/C27H35N3O2Si/c1-18-10-13-22(14-11-18)25-29-30-26(31-25)23(20(3)32-33(8,9)27(4,5)6)17-21-12-15-24(28-7)19(2)16-21/h10-16,20,23H,17H2,1-6,8-9H3/t20-,23-/m1/s1. The van der Waals surface area contributed by atoms with Crippen molar-refractivity contribution in [2.75, 3.05) is 0 Å². The molecule has 0 bridgehead atoms. The van der Waals surface area contributed by atoms with E-state index in [-0.39, 0.29) is 17.1 Å². The molecule has 0 spiro atoms. The zero-order chi connectivity index (χ0) is 24.4. The van der Waals surface area contributed by atoms with Crippen molar-refractivity contribution in [3.05, 3.63) is 76.5 Å². The molecule has 0 aliphatic rings. The molecular weight excluding hydrogens is 426 g/mol. The molecule has 33 heavy (non-hydrogen) atoms. The molecule has 0 N–H and O–H groups in total. The zero-order valence-corrected chi connectivity index (χ0v) is 22.1. The van der Waals surface area contributed by atoms with E-state index in [1.54, 1.807) is 0 Å². The summed E-state index contributed by atoms with van der Waals surface area (Å²) in [4.78, 5) is 3.59. The van der Waals surface area contributed by atoms with Crippen molar-refractivity contribution in [1.29, 1.82) is 0 Å². The summed E-state index contributed by atoms with van der Waals surface area (Å²) in [5.74, 6) is 1.02. The third kappa shape index (κ3) is 5.79. The highest BCUT2D eigenvalue weighted by molar-refractivity contribution is 6.74. The lowest BCUT2D eigenvalue weighted by molar-refractivity contribution is 0.154. The third-order valence-electron chi connectivity index (χ3n) is 6.75. The van der Waals surface area contributed by atoms with Crippen LogP contribution in [0.1, 0.15) is 56.2 Å². The van der Waals surface area contributed by atoms with Crippen LogP contribution in [0.25, 0.3) is 16.3 Å². The van der Waals surface area contributed by atoms with Crippen LogP contribution in [0.2, 0.25) is 18.1 Å². The van der Waals surface area contributed by atoms with Gasteiger partial charge in [-0.25, -0.2) is 4.85 Å². The Kier molecular flexibility index (Phi) is 7.25. The van der Waals surface area contributed by atoms with Crippen molar-refractivity contribution in [1.82, 2.24) is 10.2 Å². The van der Waals surface area contributed by atoms with E-state index < -0.39 is 8.32 Å². The number of nitrogens with zero attached hydrogens (tertiary/aromatic N) is 3. The van der Waals surface area contributed by atoms with Crippen LogP contribution < -0.4 is 0 Å². The molecule has 0 aliphatic carbocycles. The van der Waals surface area contributed by atoms with Crippen LogP contribution in [0.4, 0.5) is 5.69 Å². The first-order chi connectivity index (χ1) is 15.4. The fourth-order valence-electron chi connectivity index (χ4n) is 3.60. The maximum absolute atomic E-state index is 7.33. The van der Waals surface area contributed by atoms with Crippen molar-refractivity contribution in [3.8, 4) is 11.5 Å². The highest BCUT2D eigenvalue weighted by Gasteiger charge is 2.40. The fraction of sp³-hybridized carbons (Fsp3) is 0.444. The predicted octanol–water partition coefficient (Wildman–Crippen LogP) is 7.64. The van der Waals surface area contributed by atoms with Gasteiger partial charge in [-0.2, -0.15) is 0 Å². The van der Waals surface area contributed by atoms with Crippen molar-refractivity contribution in [3.63, 3.8) is 0 Å². The number of aromatic nitrogens is 2. The van der Waals surface area contributed by atoms with Gasteiger partial charge < -0.3 is 8.84 Å². The van der Waals surface area contributed by atoms with Gasteiger partial charge >= 0.3 is 0 Å². The number of rotatable bonds is 7. The Bertz CT molecular complexity index is 1140. The van der Waals surface area contributed by atoms with Gasteiger partial charge in [-0.15, -0.1) is 10.2 Å². The molecule has 0 unspecified atom stereocenters. The maximum atomic E-state index is 7.33. The monoisotopic (exact) mass is 461 g/mol. The first kappa shape index (κ1) is 24.9. The van der Waals surface area contributed by atoms with Gasteiger partial charge in [0.2, 0.25) is 11.8 Å². The highest BCUT2D eigenvalue weighted by Crippen LogP contribution is 2.40. The minimum Gasteiger partial charge on any atom is -0.420 e. The number of hydrogen-bond donors (Lipinski definition) is 0. The Hall–Kier alpha value is -2.75. The molecule has 0 aliphatic heterocycles. The van der Waals surface area contributed by atoms with E-state index in [0.717, 1.165) is 16.7 Å². The first-order valence-electron chi connectivity index (χ1n) is 11.5. The van der Waals surface area contributed by atoms with Crippen LogP contribution in [-0.2, 0) is 10.8 Å². The average Bonchev–Trinajstić information content (AvgIpc) is 3.21. The number of hydrogen-bond acceptors (Lipinski definition) is 4. The molecule has 1 heterocycles. The van der Waals surface area contributed by atoms with Crippen molar-refractivity contribution in [2.45, 2.75) is 78.1 Å². The molecule has 5 nitrogen and oxygen atoms in total. The molecule has 0 amide bonds. The molecule has 1 aromatic heterocycles. The second-order valence-electron chi connectivity index (χ2n) is 10.4. The van der Waals surface area contributed by atoms with Gasteiger partial charge in [0.15, 0.2) is 14.0 Å². The summed E-state index contributed by atoms with van der Waals surface area (Å²) in [6, 6.07) is 14.1. The van der Waals surface area contributed by atoms with Crippen molar-refractivity contribution < 1.29 is 8.84 Å². The summed E-state index contributed by atoms with van der Waals surface area (Å²) in [6.45, 7) is 24.7. The molecule has 3 aromatic rings. The summed E-state index contributed by atoms with van der Waals surface area (Å²) in [7, 11) is -2.00. The second kappa shape index (κ2) is 9.62. The molecule has 3 rings (SSSR count). The van der Waals surface area contributed by atoms with Crippen LogP contribution in [0.5, 0.6) is 0 Å². The zero-order valence-electron chi connectivity index (χ0n) is 21.1. The van der Waals surface area contributed by atoms with E-state index in [2.05, 4.69) is 68.8 Å². The molecule has 0 fully saturated rings. The fourth-order valence-corrected chi connectivity index (χ4v) is 5.05. The lowest BCUT2D eigenvalue weighted by Gasteiger charge is -2.40. The second-order valence-corrected chi connectivity index (χ2v) is 15.2. The SMILES string of the molecule is [C-]#[N+]c1ccc(C[C@@H](c2nnc(-c3ccc(C)cc3)o2)[C@@H](C)O[Si](C)(C)C(C)(C)C)cc1C. The van der Waals surface area contributed by atoms with Crippen LogP contribution in [0.3, 0.4) is 0 Å². The van der Waals surface area contributed by atoms with E-state index in [1.807, 2.05) is 43.3 Å². The molecule has 0 radical (unpaired) electrons. The highest BCUT2D eigenvalue weighted by atomic mass is 28.4. The first-order valence-corrected chi connectivity index (χ1v) is 14.4. The van der Waals surface area contributed by atoms with E-state index in [4.69, 9.17) is 15.4 Å². The lowest BCUT2D eigenvalue weighted by atomic mass is 9.93. The van der Waals surface area contributed by atoms with Gasteiger partial charge in [0, 0.05) is 5.56 Å². The van der Waals surface area contributed by atoms with Crippen molar-refractivity contribution >= 4 is 14.0 Å². The maximum Gasteiger partial charge on any atom is 0.247 e. The summed E-state index contributed by atoms with van der Waals surface area (Å²) in [5.41, 5.74) is 4.88. The van der Waals surface area contributed by atoms with Crippen LogP contribution in [0, 0.1) is 20.4 Å². The Morgan fingerprint density at radius 1 is 1.06 bits per heavy atom. The minimum absolute atomic E-state index is 0.0935. The Morgan fingerprint density at radius 3 is 2.30 bits per heavy atom.